The van der Waals surface area contributed by atoms with Gasteiger partial charge in [0.15, 0.2) is 5.43 Å². The van der Waals surface area contributed by atoms with Crippen LogP contribution in [0.15, 0.2) is 59.2 Å². The maximum absolute atomic E-state index is 14.9. The van der Waals surface area contributed by atoms with Crippen molar-refractivity contribution < 1.29 is 14.3 Å². The molecule has 0 atom stereocenters. The van der Waals surface area contributed by atoms with Gasteiger partial charge in [-0.1, -0.05) is 42.0 Å². The van der Waals surface area contributed by atoms with Crippen LogP contribution in [0.1, 0.15) is 65.2 Å². The van der Waals surface area contributed by atoms with Gasteiger partial charge >= 0.3 is 5.97 Å². The summed E-state index contributed by atoms with van der Waals surface area (Å²) in [4.78, 5) is 23.7. The van der Waals surface area contributed by atoms with Crippen molar-refractivity contribution in [1.82, 2.24) is 0 Å². The van der Waals surface area contributed by atoms with Crippen molar-refractivity contribution in [3.8, 4) is 0 Å². The minimum atomic E-state index is -1.24. The summed E-state index contributed by atoms with van der Waals surface area (Å²) in [5.41, 5.74) is 3.70. The molecule has 3 nitrogen and oxygen atoms in total. The van der Waals surface area contributed by atoms with Crippen LogP contribution in [-0.4, -0.2) is 11.1 Å². The Balaban J connectivity index is 2.32. The minimum absolute atomic E-state index is 0.197. The van der Waals surface area contributed by atoms with E-state index in [2.05, 4.69) is 0 Å². The van der Waals surface area contributed by atoms with Gasteiger partial charge in [-0.25, -0.2) is 9.18 Å². The maximum atomic E-state index is 14.9. The lowest BCUT2D eigenvalue weighted by atomic mass is 9.91. The summed E-state index contributed by atoms with van der Waals surface area (Å²) in [6.07, 6.45) is 3.28. The van der Waals surface area contributed by atoms with Crippen LogP contribution < -0.4 is 5.43 Å². The Morgan fingerprint density at radius 3 is 2.29 bits per heavy atom. The monoisotopic (exact) mass is 378 g/mol. The van der Waals surface area contributed by atoms with E-state index in [4.69, 9.17) is 0 Å². The Labute approximate surface area is 163 Å². The van der Waals surface area contributed by atoms with Crippen LogP contribution in [0.25, 0.3) is 11.1 Å². The topological polar surface area (TPSA) is 54.4 Å². The largest absolute Gasteiger partial charge is 0.478 e. The normalized spacial score (nSPS) is 15.2. The van der Waals surface area contributed by atoms with E-state index >= 15 is 0 Å². The molecule has 0 radical (unpaired) electrons. The molecule has 1 aliphatic rings. The molecule has 0 bridgehead atoms. The number of carboxylic acid groups (broad SMARTS) is 1. The van der Waals surface area contributed by atoms with Crippen molar-refractivity contribution in [3.63, 3.8) is 0 Å². The zero-order chi connectivity index (χ0) is 20.4. The molecule has 2 aromatic carbocycles. The van der Waals surface area contributed by atoms with E-state index < -0.39 is 11.4 Å². The van der Waals surface area contributed by atoms with Gasteiger partial charge in [-0.3, -0.25) is 4.79 Å². The zero-order valence-corrected chi connectivity index (χ0v) is 16.3. The highest BCUT2D eigenvalue weighted by molar-refractivity contribution is 5.97. The first-order chi connectivity index (χ1) is 13.3. The smallest absolute Gasteiger partial charge is 0.339 e. The minimum Gasteiger partial charge on any atom is -0.478 e. The number of hydrogen-bond donors (Lipinski definition) is 1. The van der Waals surface area contributed by atoms with E-state index in [1.807, 2.05) is 38.1 Å². The van der Waals surface area contributed by atoms with Gasteiger partial charge in [0.05, 0.1) is 0 Å². The average Bonchev–Trinajstić information content (AvgIpc) is 3.50. The van der Waals surface area contributed by atoms with Crippen molar-refractivity contribution in [2.75, 3.05) is 0 Å². The summed E-state index contributed by atoms with van der Waals surface area (Å²) < 4.78 is 14.9. The number of aromatic carboxylic acids is 1. The molecule has 144 valence electrons. The number of benzene rings is 1. The number of rotatable bonds is 5. The van der Waals surface area contributed by atoms with E-state index in [1.54, 1.807) is 13.0 Å². The van der Waals surface area contributed by atoms with Gasteiger partial charge in [0.25, 0.3) is 0 Å². The van der Waals surface area contributed by atoms with Crippen LogP contribution >= 0.6 is 0 Å². The quantitative estimate of drug-likeness (QED) is 0.676. The van der Waals surface area contributed by atoms with Gasteiger partial charge in [-0.2, -0.15) is 0 Å². The number of aryl methyl sites for hydroxylation is 1. The fourth-order valence-corrected chi connectivity index (χ4v) is 3.42. The molecule has 0 aliphatic heterocycles. The SMILES string of the molecule is C/C=C(F)\C(=C(\C)c1ccc(=O)c(C(=O)O)cc1C1CC1)c1ccc(C)cc1. The third-order valence-electron chi connectivity index (χ3n) is 5.14. The summed E-state index contributed by atoms with van der Waals surface area (Å²) in [5, 5.41) is 9.39. The Kier molecular flexibility index (Phi) is 5.59. The molecule has 0 spiro atoms. The van der Waals surface area contributed by atoms with Crippen molar-refractivity contribution in [3.05, 3.63) is 92.4 Å². The summed E-state index contributed by atoms with van der Waals surface area (Å²) in [7, 11) is 0. The lowest BCUT2D eigenvalue weighted by molar-refractivity contribution is 0.0695. The molecule has 0 amide bonds. The summed E-state index contributed by atoms with van der Waals surface area (Å²) >= 11 is 0. The molecule has 1 fully saturated rings. The molecule has 0 unspecified atom stereocenters. The highest BCUT2D eigenvalue weighted by Gasteiger charge is 2.28. The summed E-state index contributed by atoms with van der Waals surface area (Å²) in [6, 6.07) is 12.0. The molecule has 2 aromatic rings. The molecule has 0 aromatic heterocycles. The first kappa shape index (κ1) is 19.7. The van der Waals surface area contributed by atoms with Crippen molar-refractivity contribution in [1.29, 1.82) is 0 Å². The van der Waals surface area contributed by atoms with Crippen LogP contribution in [0.4, 0.5) is 4.39 Å². The van der Waals surface area contributed by atoms with E-state index in [0.717, 1.165) is 35.1 Å². The van der Waals surface area contributed by atoms with Gasteiger partial charge < -0.3 is 5.11 Å². The fourth-order valence-electron chi connectivity index (χ4n) is 3.42. The predicted octanol–water partition coefficient (Wildman–Crippen LogP) is 5.73. The number of carboxylic acids is 1. The molecular formula is C24H23FO3. The van der Waals surface area contributed by atoms with Crippen LogP contribution in [0.3, 0.4) is 0 Å². The van der Waals surface area contributed by atoms with Crippen LogP contribution in [0, 0.1) is 6.92 Å². The van der Waals surface area contributed by atoms with E-state index in [1.165, 1.54) is 18.2 Å². The average molecular weight is 378 g/mol. The zero-order valence-electron chi connectivity index (χ0n) is 16.3. The Morgan fingerprint density at radius 2 is 1.75 bits per heavy atom. The Morgan fingerprint density at radius 1 is 1.11 bits per heavy atom. The molecular weight excluding hydrogens is 355 g/mol. The molecule has 0 heterocycles. The van der Waals surface area contributed by atoms with Crippen LogP contribution in [0.5, 0.6) is 0 Å². The Hall–Kier alpha value is -3.01. The first-order valence-electron chi connectivity index (χ1n) is 9.35. The van der Waals surface area contributed by atoms with Crippen molar-refractivity contribution >= 4 is 17.1 Å². The van der Waals surface area contributed by atoms with E-state index in [0.29, 0.717) is 11.1 Å². The second-order valence-electron chi connectivity index (χ2n) is 7.21. The molecule has 4 heteroatoms. The molecule has 28 heavy (non-hydrogen) atoms. The molecule has 1 aliphatic carbocycles. The second kappa shape index (κ2) is 7.93. The molecule has 1 saturated carbocycles. The molecule has 0 saturated heterocycles. The fraction of sp³-hybridized carbons (Fsp3) is 0.250. The van der Waals surface area contributed by atoms with Crippen LogP contribution in [-0.2, 0) is 0 Å². The second-order valence-corrected chi connectivity index (χ2v) is 7.21. The number of carbonyl (C=O) groups is 1. The first-order valence-corrected chi connectivity index (χ1v) is 9.35. The lowest BCUT2D eigenvalue weighted by Crippen LogP contribution is -2.10. The van der Waals surface area contributed by atoms with Gasteiger partial charge in [-0.15, -0.1) is 0 Å². The summed E-state index contributed by atoms with van der Waals surface area (Å²) in [6.45, 7) is 5.43. The molecule has 1 N–H and O–H groups in total. The van der Waals surface area contributed by atoms with Crippen molar-refractivity contribution in [2.24, 2.45) is 0 Å². The van der Waals surface area contributed by atoms with E-state index in [9.17, 15) is 19.1 Å². The molecule has 3 rings (SSSR count). The highest BCUT2D eigenvalue weighted by atomic mass is 19.1. The van der Waals surface area contributed by atoms with Crippen molar-refractivity contribution in [2.45, 2.75) is 39.5 Å². The number of halogens is 1. The van der Waals surface area contributed by atoms with Gasteiger partial charge in [0.2, 0.25) is 0 Å². The van der Waals surface area contributed by atoms with Gasteiger partial charge in [0, 0.05) is 5.57 Å². The lowest BCUT2D eigenvalue weighted by Gasteiger charge is -2.14. The highest BCUT2D eigenvalue weighted by Crippen LogP contribution is 2.44. The Bertz CT molecular complexity index is 1040. The number of allylic oxidation sites excluding steroid dienone is 4. The summed E-state index contributed by atoms with van der Waals surface area (Å²) in [5.74, 6) is -1.40. The van der Waals surface area contributed by atoms with Gasteiger partial charge in [-0.05, 0) is 73.9 Å². The van der Waals surface area contributed by atoms with E-state index in [-0.39, 0.29) is 17.3 Å². The number of hydrogen-bond acceptors (Lipinski definition) is 2. The standard InChI is InChI=1S/C24H23FO3/c1-4-21(25)23(17-7-5-14(2)6-8-17)15(3)18-11-12-22(26)20(24(27)28)13-19(18)16-9-10-16/h4-8,11-13,16H,9-10H2,1-3H3,(H,27,28)/b21-4+,23-15-. The third-order valence-corrected chi connectivity index (χ3v) is 5.14. The predicted molar refractivity (Wildman–Crippen MR) is 110 cm³/mol. The van der Waals surface area contributed by atoms with Gasteiger partial charge in [0.1, 0.15) is 11.4 Å². The maximum Gasteiger partial charge on any atom is 0.339 e. The third kappa shape index (κ3) is 3.96. The van der Waals surface area contributed by atoms with Crippen LogP contribution in [0.2, 0.25) is 0 Å².